The molecule has 0 aromatic heterocycles. The monoisotopic (exact) mass is 314 g/mol. The number of aliphatic hydroxyl groups is 1. The average molecular weight is 316 g/mol. The smallest absolute Gasteiger partial charge is 0.0624 e. The van der Waals surface area contributed by atoms with Crippen LogP contribution in [0.25, 0.3) is 0 Å². The van der Waals surface area contributed by atoms with Gasteiger partial charge in [-0.1, -0.05) is 59.1 Å². The molecule has 0 saturated carbocycles. The van der Waals surface area contributed by atoms with Gasteiger partial charge in [-0.15, -0.1) is 0 Å². The summed E-state index contributed by atoms with van der Waals surface area (Å²) in [5, 5.41) is 11.3. The Kier molecular flexibility index (Phi) is 5.12. The summed E-state index contributed by atoms with van der Waals surface area (Å²) in [4.78, 5) is 0. The van der Waals surface area contributed by atoms with Gasteiger partial charge in [0, 0.05) is 10.9 Å². The molecule has 0 amide bonds. The van der Waals surface area contributed by atoms with Gasteiger partial charge in [-0.25, -0.2) is 0 Å². The predicted molar refractivity (Wildman–Crippen MR) is 81.4 cm³/mol. The lowest BCUT2D eigenvalue weighted by Crippen LogP contribution is -2.08. The number of benzene rings is 2. The Morgan fingerprint density at radius 2 is 1.74 bits per heavy atom. The Balaban J connectivity index is 2.26. The van der Waals surface area contributed by atoms with Crippen LogP contribution < -0.4 is 0 Å². The van der Waals surface area contributed by atoms with Crippen molar-refractivity contribution in [1.82, 2.24) is 0 Å². The van der Waals surface area contributed by atoms with Crippen LogP contribution >= 0.6 is 34.8 Å². The van der Waals surface area contributed by atoms with Crippen LogP contribution in [-0.4, -0.2) is 11.7 Å². The van der Waals surface area contributed by atoms with E-state index in [1.165, 1.54) is 0 Å². The largest absolute Gasteiger partial charge is 0.396 e. The van der Waals surface area contributed by atoms with E-state index in [-0.39, 0.29) is 12.5 Å². The van der Waals surface area contributed by atoms with Crippen LogP contribution in [0, 0.1) is 0 Å². The van der Waals surface area contributed by atoms with E-state index >= 15 is 0 Å². The van der Waals surface area contributed by atoms with Gasteiger partial charge in [0.05, 0.1) is 16.7 Å². The van der Waals surface area contributed by atoms with E-state index in [0.29, 0.717) is 21.5 Å². The van der Waals surface area contributed by atoms with Gasteiger partial charge in [0.25, 0.3) is 0 Å². The summed E-state index contributed by atoms with van der Waals surface area (Å²) in [6, 6.07) is 13.0. The van der Waals surface area contributed by atoms with Crippen LogP contribution in [0.5, 0.6) is 0 Å². The van der Waals surface area contributed by atoms with Crippen molar-refractivity contribution in [2.24, 2.45) is 0 Å². The lowest BCUT2D eigenvalue weighted by atomic mass is 9.93. The highest BCUT2D eigenvalue weighted by atomic mass is 35.5. The summed E-state index contributed by atoms with van der Waals surface area (Å²) in [5.74, 6) is -0.0466. The molecule has 2 aromatic rings. The summed E-state index contributed by atoms with van der Waals surface area (Å²) in [7, 11) is 0. The van der Waals surface area contributed by atoms with Crippen LogP contribution in [-0.2, 0) is 6.42 Å². The number of aliphatic hydroxyl groups excluding tert-OH is 1. The Morgan fingerprint density at radius 3 is 2.42 bits per heavy atom. The highest BCUT2D eigenvalue weighted by molar-refractivity contribution is 6.42. The number of halogens is 3. The SMILES string of the molecule is OCC(Cc1cccc(Cl)c1Cl)c1cccc(Cl)c1. The zero-order valence-corrected chi connectivity index (χ0v) is 12.4. The topological polar surface area (TPSA) is 20.2 Å². The molecule has 1 nitrogen and oxygen atoms in total. The van der Waals surface area contributed by atoms with Gasteiger partial charge in [0.1, 0.15) is 0 Å². The van der Waals surface area contributed by atoms with Crippen molar-refractivity contribution in [2.45, 2.75) is 12.3 Å². The van der Waals surface area contributed by atoms with E-state index in [9.17, 15) is 5.11 Å². The van der Waals surface area contributed by atoms with Gasteiger partial charge >= 0.3 is 0 Å². The van der Waals surface area contributed by atoms with E-state index < -0.39 is 0 Å². The minimum Gasteiger partial charge on any atom is -0.396 e. The molecule has 0 fully saturated rings. The minimum atomic E-state index is -0.0466. The molecule has 0 aliphatic heterocycles. The van der Waals surface area contributed by atoms with E-state index in [0.717, 1.165) is 11.1 Å². The number of rotatable bonds is 4. The van der Waals surface area contributed by atoms with Crippen LogP contribution in [0.3, 0.4) is 0 Å². The highest BCUT2D eigenvalue weighted by Gasteiger charge is 2.14. The second-order valence-corrected chi connectivity index (χ2v) is 5.57. The molecule has 0 aliphatic carbocycles. The first-order valence-electron chi connectivity index (χ1n) is 5.91. The van der Waals surface area contributed by atoms with E-state index in [2.05, 4.69) is 0 Å². The average Bonchev–Trinajstić information content (AvgIpc) is 2.40. The molecule has 19 heavy (non-hydrogen) atoms. The lowest BCUT2D eigenvalue weighted by molar-refractivity contribution is 0.264. The van der Waals surface area contributed by atoms with Gasteiger partial charge in [0.2, 0.25) is 0 Å². The third-order valence-electron chi connectivity index (χ3n) is 3.04. The Morgan fingerprint density at radius 1 is 1.00 bits per heavy atom. The summed E-state index contributed by atoms with van der Waals surface area (Å²) in [6.45, 7) is 0.0309. The van der Waals surface area contributed by atoms with Crippen molar-refractivity contribution in [3.8, 4) is 0 Å². The molecule has 0 saturated heterocycles. The molecule has 0 heterocycles. The third kappa shape index (κ3) is 3.64. The zero-order chi connectivity index (χ0) is 13.8. The molecule has 1 N–H and O–H groups in total. The zero-order valence-electron chi connectivity index (χ0n) is 10.1. The Hall–Kier alpha value is -0.730. The van der Waals surface area contributed by atoms with Crippen LogP contribution in [0.15, 0.2) is 42.5 Å². The lowest BCUT2D eigenvalue weighted by Gasteiger charge is -2.16. The minimum absolute atomic E-state index is 0.0309. The van der Waals surface area contributed by atoms with Crippen molar-refractivity contribution >= 4 is 34.8 Å². The van der Waals surface area contributed by atoms with Crippen molar-refractivity contribution in [3.63, 3.8) is 0 Å². The van der Waals surface area contributed by atoms with Gasteiger partial charge in [-0.05, 0) is 35.7 Å². The van der Waals surface area contributed by atoms with Crippen molar-refractivity contribution < 1.29 is 5.11 Å². The van der Waals surface area contributed by atoms with Crippen molar-refractivity contribution in [3.05, 3.63) is 68.7 Å². The molecule has 0 bridgehead atoms. The first-order valence-corrected chi connectivity index (χ1v) is 7.04. The fraction of sp³-hybridized carbons (Fsp3) is 0.200. The first-order chi connectivity index (χ1) is 9.11. The van der Waals surface area contributed by atoms with Gasteiger partial charge in [-0.3, -0.25) is 0 Å². The van der Waals surface area contributed by atoms with E-state index in [4.69, 9.17) is 34.8 Å². The number of hydrogen-bond acceptors (Lipinski definition) is 1. The molecule has 1 atom stereocenters. The molecule has 100 valence electrons. The van der Waals surface area contributed by atoms with E-state index in [1.807, 2.05) is 36.4 Å². The quantitative estimate of drug-likeness (QED) is 0.845. The maximum atomic E-state index is 9.57. The molecule has 0 spiro atoms. The first kappa shape index (κ1) is 14.7. The van der Waals surface area contributed by atoms with Gasteiger partial charge in [0.15, 0.2) is 0 Å². The maximum absolute atomic E-state index is 9.57. The number of hydrogen-bond donors (Lipinski definition) is 1. The molecular weight excluding hydrogens is 303 g/mol. The van der Waals surface area contributed by atoms with Crippen LogP contribution in [0.1, 0.15) is 17.0 Å². The van der Waals surface area contributed by atoms with Crippen LogP contribution in [0.2, 0.25) is 15.1 Å². The Labute approximate surface area is 127 Å². The standard InChI is InChI=1S/C15H13Cl3O/c16-13-5-1-3-10(8-13)12(9-19)7-11-4-2-6-14(17)15(11)18/h1-6,8,12,19H,7,9H2. The summed E-state index contributed by atoms with van der Waals surface area (Å²) in [6.07, 6.45) is 0.621. The Bertz CT molecular complexity index is 569. The van der Waals surface area contributed by atoms with Crippen LogP contribution in [0.4, 0.5) is 0 Å². The second kappa shape index (κ2) is 6.62. The van der Waals surface area contributed by atoms with Crippen molar-refractivity contribution in [1.29, 1.82) is 0 Å². The molecule has 0 aliphatic rings. The summed E-state index contributed by atoms with van der Waals surface area (Å²) in [5.41, 5.74) is 1.92. The molecule has 2 aromatic carbocycles. The summed E-state index contributed by atoms with van der Waals surface area (Å²) < 4.78 is 0. The normalized spacial score (nSPS) is 12.4. The van der Waals surface area contributed by atoms with Gasteiger partial charge < -0.3 is 5.11 Å². The highest BCUT2D eigenvalue weighted by Crippen LogP contribution is 2.30. The fourth-order valence-corrected chi connectivity index (χ4v) is 2.62. The molecular formula is C15H13Cl3O. The molecule has 1 unspecified atom stereocenters. The van der Waals surface area contributed by atoms with Gasteiger partial charge in [-0.2, -0.15) is 0 Å². The molecule has 0 radical (unpaired) electrons. The fourth-order valence-electron chi connectivity index (χ4n) is 2.02. The third-order valence-corrected chi connectivity index (χ3v) is 4.13. The predicted octanol–water partition coefficient (Wildman–Crippen LogP) is 4.97. The van der Waals surface area contributed by atoms with E-state index in [1.54, 1.807) is 6.07 Å². The molecule has 2 rings (SSSR count). The summed E-state index contributed by atoms with van der Waals surface area (Å²) >= 11 is 18.1. The van der Waals surface area contributed by atoms with Crippen molar-refractivity contribution in [2.75, 3.05) is 6.61 Å². The molecule has 4 heteroatoms. The maximum Gasteiger partial charge on any atom is 0.0624 e. The second-order valence-electron chi connectivity index (χ2n) is 4.35.